The molecular weight excluding hydrogens is 276 g/mol. The third-order valence-corrected chi connectivity index (χ3v) is 3.41. The Kier molecular flexibility index (Phi) is 8.48. The van der Waals surface area contributed by atoms with Crippen molar-refractivity contribution in [3.8, 4) is 0 Å². The maximum Gasteiger partial charge on any atom is 0.272 e. The Morgan fingerprint density at radius 1 is 0.955 bits per heavy atom. The quantitative estimate of drug-likeness (QED) is 0.665. The second kappa shape index (κ2) is 10.1. The SMILES string of the molecule is CCCN(CCC)C(=O)c1ccnc(N(CCC)CCC)n1. The lowest BCUT2D eigenvalue weighted by Crippen LogP contribution is -2.34. The van der Waals surface area contributed by atoms with E-state index in [1.54, 1.807) is 12.3 Å². The summed E-state index contributed by atoms with van der Waals surface area (Å²) >= 11 is 0. The van der Waals surface area contributed by atoms with Gasteiger partial charge < -0.3 is 9.80 Å². The van der Waals surface area contributed by atoms with Gasteiger partial charge in [0.25, 0.3) is 5.91 Å². The highest BCUT2D eigenvalue weighted by atomic mass is 16.2. The average Bonchev–Trinajstić information content (AvgIpc) is 2.54. The normalized spacial score (nSPS) is 10.5. The molecule has 0 aliphatic heterocycles. The first-order valence-corrected chi connectivity index (χ1v) is 8.55. The number of rotatable bonds is 10. The molecule has 0 atom stereocenters. The fourth-order valence-electron chi connectivity index (χ4n) is 2.49. The van der Waals surface area contributed by atoms with Gasteiger partial charge in [0.1, 0.15) is 5.69 Å². The minimum atomic E-state index is 0.0142. The number of anilines is 1. The maximum absolute atomic E-state index is 12.6. The molecule has 0 bridgehead atoms. The molecule has 0 aliphatic rings. The Bertz CT molecular complexity index is 438. The molecule has 1 rings (SSSR count). The molecule has 0 radical (unpaired) electrons. The fourth-order valence-corrected chi connectivity index (χ4v) is 2.49. The Morgan fingerprint density at radius 3 is 2.00 bits per heavy atom. The van der Waals surface area contributed by atoms with Crippen LogP contribution >= 0.6 is 0 Å². The average molecular weight is 306 g/mol. The van der Waals surface area contributed by atoms with Crippen molar-refractivity contribution in [3.05, 3.63) is 18.0 Å². The summed E-state index contributed by atoms with van der Waals surface area (Å²) in [6.07, 6.45) is 5.70. The fraction of sp³-hybridized carbons (Fsp3) is 0.706. The van der Waals surface area contributed by atoms with E-state index in [0.717, 1.165) is 51.9 Å². The molecule has 0 fully saturated rings. The molecule has 0 spiro atoms. The van der Waals surface area contributed by atoms with E-state index < -0.39 is 0 Å². The second-order valence-electron chi connectivity index (χ2n) is 5.52. The van der Waals surface area contributed by atoms with Gasteiger partial charge in [-0.05, 0) is 31.7 Å². The minimum Gasteiger partial charge on any atom is -0.341 e. The predicted octanol–water partition coefficient (Wildman–Crippen LogP) is 3.37. The monoisotopic (exact) mass is 306 g/mol. The number of carbonyl (C=O) groups is 1. The molecule has 0 N–H and O–H groups in total. The molecular formula is C17H30N4O. The van der Waals surface area contributed by atoms with Gasteiger partial charge in [-0.3, -0.25) is 4.79 Å². The smallest absolute Gasteiger partial charge is 0.272 e. The number of hydrogen-bond donors (Lipinski definition) is 0. The van der Waals surface area contributed by atoms with Gasteiger partial charge in [0.05, 0.1) is 0 Å². The van der Waals surface area contributed by atoms with E-state index >= 15 is 0 Å². The van der Waals surface area contributed by atoms with Gasteiger partial charge in [0, 0.05) is 32.4 Å². The van der Waals surface area contributed by atoms with E-state index in [9.17, 15) is 4.79 Å². The molecule has 5 nitrogen and oxygen atoms in total. The summed E-state index contributed by atoms with van der Waals surface area (Å²) in [6, 6.07) is 1.72. The van der Waals surface area contributed by atoms with Crippen LogP contribution in [-0.4, -0.2) is 47.0 Å². The van der Waals surface area contributed by atoms with Gasteiger partial charge in [-0.1, -0.05) is 27.7 Å². The summed E-state index contributed by atoms with van der Waals surface area (Å²) < 4.78 is 0. The van der Waals surface area contributed by atoms with E-state index in [0.29, 0.717) is 11.6 Å². The highest BCUT2D eigenvalue weighted by Crippen LogP contribution is 2.11. The van der Waals surface area contributed by atoms with E-state index in [1.165, 1.54) is 0 Å². The van der Waals surface area contributed by atoms with Crippen LogP contribution in [0.2, 0.25) is 0 Å². The highest BCUT2D eigenvalue weighted by Gasteiger charge is 2.17. The van der Waals surface area contributed by atoms with E-state index in [-0.39, 0.29) is 5.91 Å². The van der Waals surface area contributed by atoms with Crippen LogP contribution in [0.4, 0.5) is 5.95 Å². The van der Waals surface area contributed by atoms with Gasteiger partial charge in [-0.2, -0.15) is 0 Å². The lowest BCUT2D eigenvalue weighted by molar-refractivity contribution is 0.0749. The number of nitrogens with zero attached hydrogens (tertiary/aromatic N) is 4. The Hall–Kier alpha value is -1.65. The van der Waals surface area contributed by atoms with Gasteiger partial charge >= 0.3 is 0 Å². The number of amides is 1. The summed E-state index contributed by atoms with van der Waals surface area (Å²) in [5, 5.41) is 0. The molecule has 0 saturated carbocycles. The summed E-state index contributed by atoms with van der Waals surface area (Å²) in [5.41, 5.74) is 0.504. The molecule has 1 aromatic heterocycles. The van der Waals surface area contributed by atoms with Crippen LogP contribution in [0, 0.1) is 0 Å². The first kappa shape index (κ1) is 18.4. The summed E-state index contributed by atoms with van der Waals surface area (Å²) in [5.74, 6) is 0.683. The number of aromatic nitrogens is 2. The predicted molar refractivity (Wildman–Crippen MR) is 91.3 cm³/mol. The van der Waals surface area contributed by atoms with Crippen molar-refractivity contribution in [1.82, 2.24) is 14.9 Å². The van der Waals surface area contributed by atoms with Crippen molar-refractivity contribution in [2.45, 2.75) is 53.4 Å². The molecule has 5 heteroatoms. The van der Waals surface area contributed by atoms with Crippen molar-refractivity contribution in [3.63, 3.8) is 0 Å². The van der Waals surface area contributed by atoms with Gasteiger partial charge in [0.2, 0.25) is 5.95 Å². The molecule has 1 aromatic rings. The third-order valence-electron chi connectivity index (χ3n) is 3.41. The first-order chi connectivity index (χ1) is 10.7. The third kappa shape index (κ3) is 5.28. The van der Waals surface area contributed by atoms with E-state index in [4.69, 9.17) is 0 Å². The highest BCUT2D eigenvalue weighted by molar-refractivity contribution is 5.92. The van der Waals surface area contributed by atoms with Crippen molar-refractivity contribution in [2.24, 2.45) is 0 Å². The van der Waals surface area contributed by atoms with Crippen LogP contribution in [-0.2, 0) is 0 Å². The second-order valence-corrected chi connectivity index (χ2v) is 5.52. The van der Waals surface area contributed by atoms with E-state index in [1.807, 2.05) is 4.90 Å². The lowest BCUT2D eigenvalue weighted by Gasteiger charge is -2.23. The summed E-state index contributed by atoms with van der Waals surface area (Å²) in [6.45, 7) is 11.8. The van der Waals surface area contributed by atoms with Gasteiger partial charge in [0.15, 0.2) is 0 Å². The molecule has 1 heterocycles. The van der Waals surface area contributed by atoms with Crippen molar-refractivity contribution in [1.29, 1.82) is 0 Å². The molecule has 1 amide bonds. The number of carbonyl (C=O) groups excluding carboxylic acids is 1. The van der Waals surface area contributed by atoms with Crippen molar-refractivity contribution >= 4 is 11.9 Å². The Labute approximate surface area is 134 Å². The van der Waals surface area contributed by atoms with Crippen LogP contribution in [0.1, 0.15) is 63.9 Å². The van der Waals surface area contributed by atoms with E-state index in [2.05, 4.69) is 42.6 Å². The molecule has 22 heavy (non-hydrogen) atoms. The number of hydrogen-bond acceptors (Lipinski definition) is 4. The largest absolute Gasteiger partial charge is 0.341 e. The zero-order valence-corrected chi connectivity index (χ0v) is 14.5. The molecule has 0 aliphatic carbocycles. The van der Waals surface area contributed by atoms with Gasteiger partial charge in [-0.25, -0.2) is 9.97 Å². The van der Waals surface area contributed by atoms with Crippen LogP contribution in [0.25, 0.3) is 0 Å². The zero-order valence-electron chi connectivity index (χ0n) is 14.5. The molecule has 0 unspecified atom stereocenters. The Morgan fingerprint density at radius 2 is 1.50 bits per heavy atom. The van der Waals surface area contributed by atoms with Crippen molar-refractivity contribution in [2.75, 3.05) is 31.1 Å². The topological polar surface area (TPSA) is 49.3 Å². The molecule has 0 saturated heterocycles. The molecule has 124 valence electrons. The lowest BCUT2D eigenvalue weighted by atomic mass is 10.3. The standard InChI is InChI=1S/C17H30N4O/c1-5-11-20(12-6-2)16(22)15-9-10-18-17(19-15)21(13-7-3)14-8-4/h9-10H,5-8,11-14H2,1-4H3. The zero-order chi connectivity index (χ0) is 16.4. The van der Waals surface area contributed by atoms with Crippen LogP contribution in [0.15, 0.2) is 12.3 Å². The van der Waals surface area contributed by atoms with Crippen LogP contribution < -0.4 is 4.90 Å². The first-order valence-electron chi connectivity index (χ1n) is 8.55. The van der Waals surface area contributed by atoms with Crippen LogP contribution in [0.3, 0.4) is 0 Å². The summed E-state index contributed by atoms with van der Waals surface area (Å²) in [7, 11) is 0. The maximum atomic E-state index is 12.6. The van der Waals surface area contributed by atoms with Crippen LogP contribution in [0.5, 0.6) is 0 Å². The molecule has 0 aromatic carbocycles. The van der Waals surface area contributed by atoms with Crippen molar-refractivity contribution < 1.29 is 4.79 Å². The summed E-state index contributed by atoms with van der Waals surface area (Å²) in [4.78, 5) is 25.5. The minimum absolute atomic E-state index is 0.0142. The van der Waals surface area contributed by atoms with Gasteiger partial charge in [-0.15, -0.1) is 0 Å². The Balaban J connectivity index is 2.95.